The first-order valence-corrected chi connectivity index (χ1v) is 5.91. The molecule has 0 aliphatic carbocycles. The fraction of sp³-hybridized carbons (Fsp3) is 0.267. The van der Waals surface area contributed by atoms with Crippen molar-refractivity contribution in [3.8, 4) is 11.1 Å². The molecule has 0 aliphatic heterocycles. The summed E-state index contributed by atoms with van der Waals surface area (Å²) in [6, 6.07) is 12.2. The van der Waals surface area contributed by atoms with E-state index in [2.05, 4.69) is 36.2 Å². The van der Waals surface area contributed by atoms with Crippen molar-refractivity contribution in [3.05, 3.63) is 53.9 Å². The van der Waals surface area contributed by atoms with Crippen LogP contribution in [-0.4, -0.2) is 10.1 Å². The highest BCUT2D eigenvalue weighted by Crippen LogP contribution is 2.21. The molecule has 0 aliphatic rings. The lowest BCUT2D eigenvalue weighted by atomic mass is 10.1. The molecule has 88 valence electrons. The Morgan fingerprint density at radius 3 is 2.24 bits per heavy atom. The second-order valence-electron chi connectivity index (χ2n) is 4.26. The van der Waals surface area contributed by atoms with E-state index in [1.165, 1.54) is 5.56 Å². The van der Waals surface area contributed by atoms with Gasteiger partial charge in [-0.3, -0.25) is 4.98 Å². The fourth-order valence-electron chi connectivity index (χ4n) is 1.73. The lowest BCUT2D eigenvalue weighted by molar-refractivity contribution is 0.169. The Balaban J connectivity index is 2.26. The molecule has 1 atom stereocenters. The van der Waals surface area contributed by atoms with Gasteiger partial charge in [-0.1, -0.05) is 42.8 Å². The van der Waals surface area contributed by atoms with Crippen molar-refractivity contribution in [2.24, 2.45) is 0 Å². The third kappa shape index (κ3) is 2.71. The summed E-state index contributed by atoms with van der Waals surface area (Å²) in [6.07, 6.45) is 2.05. The second kappa shape index (κ2) is 5.11. The number of rotatable bonds is 3. The number of aromatic nitrogens is 1. The molecule has 0 radical (unpaired) electrons. The van der Waals surface area contributed by atoms with Gasteiger partial charge in [0.25, 0.3) is 0 Å². The van der Waals surface area contributed by atoms with Crippen LogP contribution in [0.2, 0.25) is 0 Å². The molecule has 0 spiro atoms. The summed E-state index contributed by atoms with van der Waals surface area (Å²) < 4.78 is 0. The zero-order valence-corrected chi connectivity index (χ0v) is 10.2. The smallest absolute Gasteiger partial charge is 0.0957 e. The van der Waals surface area contributed by atoms with Crippen LogP contribution in [0.4, 0.5) is 0 Å². The van der Waals surface area contributed by atoms with E-state index in [1.54, 1.807) is 0 Å². The third-order valence-corrected chi connectivity index (χ3v) is 2.90. The van der Waals surface area contributed by atoms with E-state index in [9.17, 15) is 5.11 Å². The van der Waals surface area contributed by atoms with Crippen LogP contribution in [0.5, 0.6) is 0 Å². The molecule has 2 nitrogen and oxygen atoms in total. The molecule has 2 aromatic rings. The van der Waals surface area contributed by atoms with Gasteiger partial charge in [0.15, 0.2) is 0 Å². The molecular formula is C15H17NO. The molecular weight excluding hydrogens is 210 g/mol. The minimum Gasteiger partial charge on any atom is -0.387 e. The van der Waals surface area contributed by atoms with Gasteiger partial charge >= 0.3 is 0 Å². The van der Waals surface area contributed by atoms with Crippen LogP contribution in [0.1, 0.15) is 30.7 Å². The van der Waals surface area contributed by atoms with Crippen molar-refractivity contribution in [1.29, 1.82) is 0 Å². The summed E-state index contributed by atoms with van der Waals surface area (Å²) in [7, 11) is 0. The standard InChI is InChI=1S/C15H17NO/c1-3-15(17)14-9-8-13(10-16-14)12-6-4-11(2)5-7-12/h4-10,15,17H,3H2,1-2H3. The Hall–Kier alpha value is -1.67. The van der Waals surface area contributed by atoms with Gasteiger partial charge in [0.05, 0.1) is 11.8 Å². The highest BCUT2D eigenvalue weighted by Gasteiger charge is 2.06. The molecule has 0 bridgehead atoms. The maximum absolute atomic E-state index is 9.66. The van der Waals surface area contributed by atoms with Crippen molar-refractivity contribution in [1.82, 2.24) is 4.98 Å². The number of benzene rings is 1. The van der Waals surface area contributed by atoms with Crippen molar-refractivity contribution in [2.45, 2.75) is 26.4 Å². The number of hydrogen-bond donors (Lipinski definition) is 1. The number of pyridine rings is 1. The summed E-state index contributed by atoms with van der Waals surface area (Å²) in [4.78, 5) is 4.30. The zero-order valence-electron chi connectivity index (χ0n) is 10.2. The molecule has 17 heavy (non-hydrogen) atoms. The first kappa shape index (κ1) is 11.8. The lowest BCUT2D eigenvalue weighted by Gasteiger charge is -2.08. The molecule has 0 saturated heterocycles. The zero-order chi connectivity index (χ0) is 12.3. The SMILES string of the molecule is CCC(O)c1ccc(-c2ccc(C)cc2)cn1. The van der Waals surface area contributed by atoms with Gasteiger partial charge in [-0.25, -0.2) is 0 Å². The summed E-state index contributed by atoms with van der Waals surface area (Å²) in [5.41, 5.74) is 4.22. The minimum atomic E-state index is -0.456. The van der Waals surface area contributed by atoms with Crippen LogP contribution >= 0.6 is 0 Å². The van der Waals surface area contributed by atoms with Crippen LogP contribution in [0.15, 0.2) is 42.6 Å². The van der Waals surface area contributed by atoms with Crippen LogP contribution in [0, 0.1) is 6.92 Å². The Morgan fingerprint density at radius 1 is 1.06 bits per heavy atom. The van der Waals surface area contributed by atoms with E-state index in [1.807, 2.05) is 25.3 Å². The van der Waals surface area contributed by atoms with Crippen LogP contribution in [0.25, 0.3) is 11.1 Å². The third-order valence-electron chi connectivity index (χ3n) is 2.90. The van der Waals surface area contributed by atoms with Crippen molar-refractivity contribution >= 4 is 0 Å². The van der Waals surface area contributed by atoms with E-state index in [-0.39, 0.29) is 0 Å². The summed E-state index contributed by atoms with van der Waals surface area (Å²) >= 11 is 0. The highest BCUT2D eigenvalue weighted by atomic mass is 16.3. The van der Waals surface area contributed by atoms with Gasteiger partial charge in [0.2, 0.25) is 0 Å². The molecule has 0 amide bonds. The van der Waals surface area contributed by atoms with Crippen molar-refractivity contribution in [2.75, 3.05) is 0 Å². The van der Waals surface area contributed by atoms with Crippen LogP contribution < -0.4 is 0 Å². The predicted octanol–water partition coefficient (Wildman–Crippen LogP) is 3.50. The normalized spacial score (nSPS) is 12.4. The molecule has 1 N–H and O–H groups in total. The Bertz CT molecular complexity index is 473. The summed E-state index contributed by atoms with van der Waals surface area (Å²) in [5, 5.41) is 9.66. The van der Waals surface area contributed by atoms with Crippen molar-refractivity contribution < 1.29 is 5.11 Å². The predicted molar refractivity (Wildman–Crippen MR) is 69.7 cm³/mol. The monoisotopic (exact) mass is 227 g/mol. The first-order valence-electron chi connectivity index (χ1n) is 5.91. The van der Waals surface area contributed by atoms with Crippen LogP contribution in [-0.2, 0) is 0 Å². The average molecular weight is 227 g/mol. The summed E-state index contributed by atoms with van der Waals surface area (Å²) in [5.74, 6) is 0. The van der Waals surface area contributed by atoms with Crippen LogP contribution in [0.3, 0.4) is 0 Å². The van der Waals surface area contributed by atoms with Gasteiger partial charge in [-0.05, 0) is 25.0 Å². The minimum absolute atomic E-state index is 0.456. The quantitative estimate of drug-likeness (QED) is 0.870. The molecule has 1 heterocycles. The molecule has 1 unspecified atom stereocenters. The number of aliphatic hydroxyl groups excluding tert-OH is 1. The maximum atomic E-state index is 9.66. The van der Waals surface area contributed by atoms with Gasteiger partial charge in [-0.15, -0.1) is 0 Å². The largest absolute Gasteiger partial charge is 0.387 e. The van der Waals surface area contributed by atoms with Gasteiger partial charge in [0.1, 0.15) is 0 Å². The van der Waals surface area contributed by atoms with Gasteiger partial charge in [-0.2, -0.15) is 0 Å². The van der Waals surface area contributed by atoms with E-state index in [0.29, 0.717) is 6.42 Å². The molecule has 1 aromatic heterocycles. The van der Waals surface area contributed by atoms with E-state index < -0.39 is 6.10 Å². The van der Waals surface area contributed by atoms with E-state index >= 15 is 0 Å². The summed E-state index contributed by atoms with van der Waals surface area (Å²) in [6.45, 7) is 4.02. The van der Waals surface area contributed by atoms with Crippen molar-refractivity contribution in [3.63, 3.8) is 0 Å². The highest BCUT2D eigenvalue weighted by molar-refractivity contribution is 5.62. The fourth-order valence-corrected chi connectivity index (χ4v) is 1.73. The number of aliphatic hydroxyl groups is 1. The lowest BCUT2D eigenvalue weighted by Crippen LogP contribution is -1.98. The number of aryl methyl sites for hydroxylation is 1. The van der Waals surface area contributed by atoms with Gasteiger partial charge in [0, 0.05) is 11.8 Å². The Morgan fingerprint density at radius 2 is 1.71 bits per heavy atom. The topological polar surface area (TPSA) is 33.1 Å². The number of hydrogen-bond acceptors (Lipinski definition) is 2. The van der Waals surface area contributed by atoms with E-state index in [0.717, 1.165) is 16.8 Å². The Kier molecular flexibility index (Phi) is 3.55. The molecule has 0 saturated carbocycles. The second-order valence-corrected chi connectivity index (χ2v) is 4.26. The number of nitrogens with zero attached hydrogens (tertiary/aromatic N) is 1. The first-order chi connectivity index (χ1) is 8.20. The molecule has 2 heteroatoms. The Labute approximate surface area is 102 Å². The maximum Gasteiger partial charge on any atom is 0.0957 e. The van der Waals surface area contributed by atoms with Gasteiger partial charge < -0.3 is 5.11 Å². The average Bonchev–Trinajstić information content (AvgIpc) is 2.39. The van der Waals surface area contributed by atoms with E-state index in [4.69, 9.17) is 0 Å². The molecule has 0 fully saturated rings. The molecule has 2 rings (SSSR count). The molecule has 1 aromatic carbocycles.